The predicted octanol–water partition coefficient (Wildman–Crippen LogP) is 2.04. The van der Waals surface area contributed by atoms with Gasteiger partial charge < -0.3 is 29.9 Å². The molecule has 2 aliphatic carbocycles. The fourth-order valence-corrected chi connectivity index (χ4v) is 4.89. The Kier molecular flexibility index (Phi) is 5.43. The molecule has 1 heterocycles. The van der Waals surface area contributed by atoms with Gasteiger partial charge in [-0.05, 0) is 36.6 Å². The summed E-state index contributed by atoms with van der Waals surface area (Å²) in [5, 5.41) is 41.6. The zero-order chi connectivity index (χ0) is 23.4. The van der Waals surface area contributed by atoms with Crippen LogP contribution in [0.2, 0.25) is 0 Å². The number of aliphatic hydroxyl groups excluding tert-OH is 3. The van der Waals surface area contributed by atoms with E-state index in [4.69, 9.17) is 9.47 Å². The van der Waals surface area contributed by atoms with Crippen molar-refractivity contribution in [2.45, 2.75) is 57.1 Å². The first kappa shape index (κ1) is 21.9. The number of fused-ring (bicyclic) bond motifs is 3. The Bertz CT molecular complexity index is 1180. The van der Waals surface area contributed by atoms with Gasteiger partial charge in [-0.25, -0.2) is 0 Å². The summed E-state index contributed by atoms with van der Waals surface area (Å²) in [5.74, 6) is -1.24. The number of allylic oxidation sites excluding steroid dienone is 1. The van der Waals surface area contributed by atoms with Crippen LogP contribution in [0.4, 0.5) is 0 Å². The largest absolute Gasteiger partial charge is 0.507 e. The Hall–Kier alpha value is -2.88. The minimum atomic E-state index is -1.40. The summed E-state index contributed by atoms with van der Waals surface area (Å²) in [6, 6.07) is 9.19. The van der Waals surface area contributed by atoms with E-state index < -0.39 is 42.3 Å². The number of ketones is 2. The molecule has 8 heteroatoms. The molecular formula is C25H24O8. The second-order valence-corrected chi connectivity index (χ2v) is 8.65. The molecule has 4 N–H and O–H groups in total. The van der Waals surface area contributed by atoms with Gasteiger partial charge in [-0.15, -0.1) is 0 Å². The Morgan fingerprint density at radius 3 is 2.42 bits per heavy atom. The van der Waals surface area contributed by atoms with E-state index in [1.54, 1.807) is 31.2 Å². The Balaban J connectivity index is 1.68. The van der Waals surface area contributed by atoms with E-state index in [0.29, 0.717) is 18.4 Å². The number of carbonyl (C=O) groups excluding carboxylic acids is 2. The summed E-state index contributed by atoms with van der Waals surface area (Å²) < 4.78 is 11.8. The number of Topliss-reactive ketones (excluding diaryl/α,β-unsaturated/α-hetero) is 2. The molecule has 0 amide bonds. The van der Waals surface area contributed by atoms with Gasteiger partial charge >= 0.3 is 0 Å². The summed E-state index contributed by atoms with van der Waals surface area (Å²) in [6.45, 7) is 1.32. The third-order valence-electron chi connectivity index (χ3n) is 6.59. The highest BCUT2D eigenvalue weighted by Gasteiger charge is 2.47. The number of aliphatic hydroxyl groups is 3. The van der Waals surface area contributed by atoms with Crippen LogP contribution >= 0.6 is 0 Å². The summed E-state index contributed by atoms with van der Waals surface area (Å²) in [6.07, 6.45) is -3.84. The van der Waals surface area contributed by atoms with Crippen LogP contribution in [0.1, 0.15) is 63.3 Å². The maximum absolute atomic E-state index is 13.6. The fourth-order valence-electron chi connectivity index (χ4n) is 4.89. The van der Waals surface area contributed by atoms with E-state index in [0.717, 1.165) is 0 Å². The summed E-state index contributed by atoms with van der Waals surface area (Å²) in [7, 11) is 0. The monoisotopic (exact) mass is 452 g/mol. The summed E-state index contributed by atoms with van der Waals surface area (Å²) in [5.41, 5.74) is 0.948. The molecule has 1 fully saturated rings. The molecule has 33 heavy (non-hydrogen) atoms. The van der Waals surface area contributed by atoms with Gasteiger partial charge in [0.1, 0.15) is 18.0 Å². The first-order chi connectivity index (χ1) is 15.8. The van der Waals surface area contributed by atoms with Crippen LogP contribution in [0.5, 0.6) is 5.75 Å². The molecule has 2 aromatic rings. The van der Waals surface area contributed by atoms with Crippen LogP contribution in [-0.4, -0.2) is 56.6 Å². The summed E-state index contributed by atoms with van der Waals surface area (Å²) >= 11 is 0. The lowest BCUT2D eigenvalue weighted by molar-refractivity contribution is -0.240. The van der Waals surface area contributed by atoms with Crippen LogP contribution in [0, 0.1) is 0 Å². The van der Waals surface area contributed by atoms with E-state index in [1.165, 1.54) is 12.1 Å². The first-order valence-electron chi connectivity index (χ1n) is 10.9. The molecule has 1 aliphatic heterocycles. The zero-order valence-corrected chi connectivity index (χ0v) is 17.9. The highest BCUT2D eigenvalue weighted by Crippen LogP contribution is 2.48. The smallest absolute Gasteiger partial charge is 0.195 e. The van der Waals surface area contributed by atoms with Crippen molar-refractivity contribution in [2.24, 2.45) is 0 Å². The van der Waals surface area contributed by atoms with E-state index >= 15 is 0 Å². The van der Waals surface area contributed by atoms with Crippen molar-refractivity contribution in [1.29, 1.82) is 0 Å². The van der Waals surface area contributed by atoms with Crippen LogP contribution in [-0.2, 0) is 16.1 Å². The average Bonchev–Trinajstić information content (AvgIpc) is 2.81. The number of rotatable bonds is 3. The molecule has 0 aromatic heterocycles. The number of benzene rings is 2. The van der Waals surface area contributed by atoms with Crippen molar-refractivity contribution in [3.05, 3.63) is 69.8 Å². The second-order valence-electron chi connectivity index (χ2n) is 8.65. The molecular weight excluding hydrogens is 428 g/mol. The van der Waals surface area contributed by atoms with Gasteiger partial charge in [0.25, 0.3) is 0 Å². The van der Waals surface area contributed by atoms with Gasteiger partial charge in [0, 0.05) is 34.3 Å². The van der Waals surface area contributed by atoms with E-state index in [1.807, 2.05) is 0 Å². The number of aromatic hydroxyl groups is 1. The van der Waals surface area contributed by atoms with Crippen LogP contribution in [0.3, 0.4) is 0 Å². The normalized spacial score (nSPS) is 28.9. The molecule has 0 unspecified atom stereocenters. The van der Waals surface area contributed by atoms with Crippen molar-refractivity contribution in [3.63, 3.8) is 0 Å². The number of phenolic OH excluding ortho intramolecular Hbond substituents is 1. The highest BCUT2D eigenvalue weighted by atomic mass is 16.7. The minimum absolute atomic E-state index is 0.0186. The van der Waals surface area contributed by atoms with Gasteiger partial charge in [-0.1, -0.05) is 24.3 Å². The maximum atomic E-state index is 13.6. The number of ether oxygens (including phenoxy) is 2. The lowest BCUT2D eigenvalue weighted by atomic mass is 9.72. The van der Waals surface area contributed by atoms with E-state index in [2.05, 4.69) is 0 Å². The maximum Gasteiger partial charge on any atom is 0.195 e. The lowest BCUT2D eigenvalue weighted by Gasteiger charge is -2.39. The van der Waals surface area contributed by atoms with Crippen LogP contribution in [0.15, 0.2) is 42.0 Å². The Morgan fingerprint density at radius 2 is 1.76 bits per heavy atom. The number of hydrogen-bond acceptors (Lipinski definition) is 8. The number of hydrogen-bond donors (Lipinski definition) is 4. The van der Waals surface area contributed by atoms with Crippen molar-refractivity contribution >= 4 is 17.1 Å². The number of carbonyl (C=O) groups is 2. The molecule has 0 bridgehead atoms. The molecule has 5 rings (SSSR count). The van der Waals surface area contributed by atoms with Gasteiger partial charge in [0.2, 0.25) is 0 Å². The average molecular weight is 452 g/mol. The molecule has 5 atom stereocenters. The third kappa shape index (κ3) is 3.42. The second kappa shape index (κ2) is 8.16. The summed E-state index contributed by atoms with van der Waals surface area (Å²) in [4.78, 5) is 27.1. The van der Waals surface area contributed by atoms with Crippen LogP contribution < -0.4 is 0 Å². The third-order valence-corrected chi connectivity index (χ3v) is 6.59. The van der Waals surface area contributed by atoms with Crippen molar-refractivity contribution in [3.8, 4) is 5.75 Å². The Labute approximate surface area is 189 Å². The van der Waals surface area contributed by atoms with E-state index in [9.17, 15) is 30.0 Å². The molecule has 0 spiro atoms. The standard InChI is InChI=1S/C25H24O8/c1-11-16(27)6-7-18(32-11)33-25-21-20(22(29)13-4-2-3-5-14(13)23(21)30)19-15(24(25)31)8-12(10-26)9-17(19)28/h2-5,8-9,11,16,18,24-28,31H,6-7,10H2,1H3/t11-,16-,18-,24-,25-/m0/s1. The molecule has 172 valence electrons. The van der Waals surface area contributed by atoms with Gasteiger partial charge in [-0.2, -0.15) is 0 Å². The predicted molar refractivity (Wildman–Crippen MR) is 115 cm³/mol. The van der Waals surface area contributed by atoms with Crippen molar-refractivity contribution < 1.29 is 39.5 Å². The SMILES string of the molecule is C[C@@H]1O[C@@H](O[C@H]2C3=C(C(=O)c4ccccc4C3=O)c3c(O)cc(CO)cc3[C@@H]2O)CC[C@@H]1O. The van der Waals surface area contributed by atoms with Gasteiger partial charge in [0.15, 0.2) is 17.9 Å². The van der Waals surface area contributed by atoms with Crippen molar-refractivity contribution in [1.82, 2.24) is 0 Å². The Morgan fingerprint density at radius 1 is 1.06 bits per heavy atom. The topological polar surface area (TPSA) is 134 Å². The van der Waals surface area contributed by atoms with Crippen molar-refractivity contribution in [2.75, 3.05) is 0 Å². The fraction of sp³-hybridized carbons (Fsp3) is 0.360. The molecule has 8 nitrogen and oxygen atoms in total. The molecule has 3 aliphatic rings. The zero-order valence-electron chi connectivity index (χ0n) is 17.9. The molecule has 1 saturated heterocycles. The minimum Gasteiger partial charge on any atom is -0.507 e. The lowest BCUT2D eigenvalue weighted by Crippen LogP contribution is -2.44. The molecule has 0 saturated carbocycles. The first-order valence-corrected chi connectivity index (χ1v) is 10.9. The molecule has 2 aromatic carbocycles. The van der Waals surface area contributed by atoms with Gasteiger partial charge in [0.05, 0.1) is 18.8 Å². The van der Waals surface area contributed by atoms with E-state index in [-0.39, 0.29) is 45.8 Å². The van der Waals surface area contributed by atoms with Crippen LogP contribution in [0.25, 0.3) is 5.57 Å². The molecule has 0 radical (unpaired) electrons. The van der Waals surface area contributed by atoms with Gasteiger partial charge in [-0.3, -0.25) is 9.59 Å². The highest BCUT2D eigenvalue weighted by molar-refractivity contribution is 6.41. The quantitative estimate of drug-likeness (QED) is 0.556. The number of phenols is 1.